The van der Waals surface area contributed by atoms with Gasteiger partial charge in [-0.1, -0.05) is 0 Å². The normalized spacial score (nSPS) is 9.47. The van der Waals surface area contributed by atoms with Gasteiger partial charge in [-0.3, -0.25) is 4.79 Å². The molecule has 0 saturated heterocycles. The molecule has 0 aliphatic carbocycles. The molecule has 0 radical (unpaired) electrons. The fraction of sp³-hybridized carbons (Fsp3) is 0.222. The lowest BCUT2D eigenvalue weighted by atomic mass is 10.2. The van der Waals surface area contributed by atoms with E-state index in [0.29, 0.717) is 4.73 Å². The predicted octanol–water partition coefficient (Wildman–Crippen LogP) is -0.534. The predicted molar refractivity (Wildman–Crippen MR) is 50.1 cm³/mol. The van der Waals surface area contributed by atoms with Gasteiger partial charge in [0.15, 0.2) is 6.20 Å². The van der Waals surface area contributed by atoms with Crippen LogP contribution >= 0.6 is 0 Å². The average Bonchev–Trinajstić information content (AvgIpc) is 2.26. The van der Waals surface area contributed by atoms with E-state index in [2.05, 4.69) is 10.1 Å². The van der Waals surface area contributed by atoms with Gasteiger partial charge in [-0.15, -0.1) is 0 Å². The first-order valence-corrected chi connectivity index (χ1v) is 4.13. The molecule has 0 aromatic carbocycles. The Labute approximate surface area is 86.1 Å². The van der Waals surface area contributed by atoms with Crippen LogP contribution in [0.2, 0.25) is 0 Å². The van der Waals surface area contributed by atoms with Crippen molar-refractivity contribution in [2.24, 2.45) is 0 Å². The van der Waals surface area contributed by atoms with Crippen molar-refractivity contribution in [1.29, 1.82) is 0 Å². The maximum absolute atomic E-state index is 11.3. The van der Waals surface area contributed by atoms with Gasteiger partial charge in [0.1, 0.15) is 5.56 Å². The van der Waals surface area contributed by atoms with E-state index in [0.717, 1.165) is 6.20 Å². The van der Waals surface area contributed by atoms with Crippen LogP contribution in [0, 0.1) is 5.21 Å². The maximum atomic E-state index is 11.3. The third-order valence-corrected chi connectivity index (χ3v) is 1.80. The Morgan fingerprint density at radius 1 is 1.47 bits per heavy atom. The number of aromatic nitrogens is 1. The highest BCUT2D eigenvalue weighted by Gasteiger charge is 2.17. The average molecular weight is 210 g/mol. The second kappa shape index (κ2) is 4.41. The van der Waals surface area contributed by atoms with Gasteiger partial charge in [0.25, 0.3) is 5.69 Å². The second-order valence-electron chi connectivity index (χ2n) is 2.70. The molecule has 15 heavy (non-hydrogen) atoms. The number of carbonyl (C=O) groups is 2. The molecule has 1 N–H and O–H groups in total. The molecule has 0 bridgehead atoms. The molecular formula is C9H10N2O4. The smallest absolute Gasteiger partial charge is 0.344 e. The molecule has 0 aliphatic rings. The highest BCUT2D eigenvalue weighted by Crippen LogP contribution is 2.00. The summed E-state index contributed by atoms with van der Waals surface area (Å²) in [5, 5.41) is 13.6. The van der Waals surface area contributed by atoms with Gasteiger partial charge in [-0.05, 0) is 6.07 Å². The molecule has 1 rings (SSSR count). The van der Waals surface area contributed by atoms with E-state index < -0.39 is 11.9 Å². The molecule has 0 unspecified atom stereocenters. The summed E-state index contributed by atoms with van der Waals surface area (Å²) in [5.74, 6) is -1.13. The van der Waals surface area contributed by atoms with Crippen LogP contribution in [0.25, 0.3) is 0 Å². The van der Waals surface area contributed by atoms with Gasteiger partial charge in [-0.2, -0.15) is 4.73 Å². The first-order valence-electron chi connectivity index (χ1n) is 4.13. The van der Waals surface area contributed by atoms with Crippen molar-refractivity contribution in [2.75, 3.05) is 14.2 Å². The molecule has 0 fully saturated rings. The molecule has 0 spiro atoms. The highest BCUT2D eigenvalue weighted by molar-refractivity contribution is 5.92. The summed E-state index contributed by atoms with van der Waals surface area (Å²) < 4.78 is 4.75. The van der Waals surface area contributed by atoms with Crippen LogP contribution in [0.3, 0.4) is 0 Å². The Morgan fingerprint density at radius 2 is 2.13 bits per heavy atom. The van der Waals surface area contributed by atoms with Crippen molar-refractivity contribution in [2.45, 2.75) is 0 Å². The standard InChI is InChI=1S/C9H10N2O4/c1-10-8(12)7-4-3-6(5-11(7)14)9(13)15-2/h3-5H,1-2H3,(H,10,12). The molecule has 0 atom stereocenters. The number of carbonyl (C=O) groups excluding carboxylic acids is 2. The topological polar surface area (TPSA) is 82.3 Å². The Bertz CT molecular complexity index is 403. The van der Waals surface area contributed by atoms with Crippen LogP contribution in [0.15, 0.2) is 18.3 Å². The van der Waals surface area contributed by atoms with Crippen molar-refractivity contribution in [3.63, 3.8) is 0 Å². The van der Waals surface area contributed by atoms with Crippen LogP contribution < -0.4 is 10.0 Å². The molecule has 6 heteroatoms. The van der Waals surface area contributed by atoms with Crippen molar-refractivity contribution in [3.05, 3.63) is 34.8 Å². The van der Waals surface area contributed by atoms with E-state index in [4.69, 9.17) is 0 Å². The first-order chi connectivity index (χ1) is 7.10. The summed E-state index contributed by atoms with van der Waals surface area (Å²) in [6.07, 6.45) is 0.996. The molecule has 1 amide bonds. The molecule has 80 valence electrons. The highest BCUT2D eigenvalue weighted by atomic mass is 16.5. The molecular weight excluding hydrogens is 200 g/mol. The monoisotopic (exact) mass is 210 g/mol. The zero-order chi connectivity index (χ0) is 11.4. The summed E-state index contributed by atoms with van der Waals surface area (Å²) in [5.41, 5.74) is 0.0188. The van der Waals surface area contributed by atoms with E-state index >= 15 is 0 Å². The Hall–Kier alpha value is -2.11. The summed E-state index contributed by atoms with van der Waals surface area (Å²) in [6.45, 7) is 0. The van der Waals surface area contributed by atoms with Crippen molar-refractivity contribution in [1.82, 2.24) is 5.32 Å². The molecule has 1 heterocycles. The largest absolute Gasteiger partial charge is 0.618 e. The SMILES string of the molecule is CNC(=O)c1ccc(C(=O)OC)c[n+]1[O-]. The van der Waals surface area contributed by atoms with E-state index in [1.807, 2.05) is 0 Å². The fourth-order valence-electron chi connectivity index (χ4n) is 1.02. The summed E-state index contributed by atoms with van der Waals surface area (Å²) in [6, 6.07) is 2.61. The number of ether oxygens (including phenoxy) is 1. The fourth-order valence-corrected chi connectivity index (χ4v) is 1.02. The molecule has 0 saturated carbocycles. The lowest BCUT2D eigenvalue weighted by Crippen LogP contribution is -2.39. The van der Waals surface area contributed by atoms with Gasteiger partial charge in [0.2, 0.25) is 0 Å². The van der Waals surface area contributed by atoms with Crippen molar-refractivity contribution < 1.29 is 19.1 Å². The number of hydrogen-bond acceptors (Lipinski definition) is 4. The quantitative estimate of drug-likeness (QED) is 0.404. The van der Waals surface area contributed by atoms with Crippen LogP contribution in [-0.2, 0) is 4.74 Å². The van der Waals surface area contributed by atoms with Gasteiger partial charge in [0, 0.05) is 13.1 Å². The van der Waals surface area contributed by atoms with Gasteiger partial charge in [-0.25, -0.2) is 4.79 Å². The summed E-state index contributed by atoms with van der Waals surface area (Å²) in [4.78, 5) is 22.2. The van der Waals surface area contributed by atoms with Crippen LogP contribution in [-0.4, -0.2) is 26.0 Å². The molecule has 0 aliphatic heterocycles. The minimum atomic E-state index is -0.622. The number of esters is 1. The van der Waals surface area contributed by atoms with E-state index in [-0.39, 0.29) is 11.3 Å². The van der Waals surface area contributed by atoms with Crippen LogP contribution in [0.5, 0.6) is 0 Å². The summed E-state index contributed by atoms with van der Waals surface area (Å²) in [7, 11) is 2.63. The number of nitrogens with zero attached hydrogens (tertiary/aromatic N) is 1. The molecule has 1 aromatic heterocycles. The third kappa shape index (κ3) is 2.22. The number of amides is 1. The minimum Gasteiger partial charge on any atom is -0.618 e. The van der Waals surface area contributed by atoms with Gasteiger partial charge in [0.05, 0.1) is 7.11 Å². The third-order valence-electron chi connectivity index (χ3n) is 1.80. The van der Waals surface area contributed by atoms with Gasteiger partial charge < -0.3 is 15.3 Å². The lowest BCUT2D eigenvalue weighted by Gasteiger charge is -2.04. The second-order valence-corrected chi connectivity index (χ2v) is 2.70. The van der Waals surface area contributed by atoms with E-state index in [9.17, 15) is 14.8 Å². The lowest BCUT2D eigenvalue weighted by molar-refractivity contribution is -0.607. The Balaban J connectivity index is 3.08. The number of nitrogens with one attached hydrogen (secondary N) is 1. The van der Waals surface area contributed by atoms with E-state index in [1.54, 1.807) is 0 Å². The van der Waals surface area contributed by atoms with Gasteiger partial charge >= 0.3 is 11.9 Å². The van der Waals surface area contributed by atoms with Crippen LogP contribution in [0.1, 0.15) is 20.8 Å². The first kappa shape index (κ1) is 11.0. The molecule has 6 nitrogen and oxygen atoms in total. The van der Waals surface area contributed by atoms with Crippen LogP contribution in [0.4, 0.5) is 0 Å². The number of rotatable bonds is 2. The Kier molecular flexibility index (Phi) is 3.22. The number of methoxy groups -OCH3 is 1. The maximum Gasteiger partial charge on any atom is 0.344 e. The zero-order valence-electron chi connectivity index (χ0n) is 8.31. The molecule has 1 aromatic rings. The van der Waals surface area contributed by atoms with E-state index in [1.165, 1.54) is 26.3 Å². The summed E-state index contributed by atoms with van der Waals surface area (Å²) >= 11 is 0. The van der Waals surface area contributed by atoms with Crippen molar-refractivity contribution in [3.8, 4) is 0 Å². The Morgan fingerprint density at radius 3 is 2.60 bits per heavy atom. The number of pyridine rings is 1. The number of hydrogen-bond donors (Lipinski definition) is 1. The van der Waals surface area contributed by atoms with Crippen molar-refractivity contribution >= 4 is 11.9 Å². The zero-order valence-corrected chi connectivity index (χ0v) is 8.31. The minimum absolute atomic E-state index is 0.0786.